The zero-order valence-corrected chi connectivity index (χ0v) is 10.9. The fourth-order valence-electron chi connectivity index (χ4n) is 2.78. The third-order valence-corrected chi connectivity index (χ3v) is 3.90. The van der Waals surface area contributed by atoms with Crippen molar-refractivity contribution in [1.29, 1.82) is 0 Å². The first kappa shape index (κ1) is 14.0. The third kappa shape index (κ3) is 3.53. The standard InChI is InChI=1S/C13H20N2O4/c14-12(17)11(8-2-1-3-10(16)6-8)15-13(18)9-4-5-19-7-9/h8-9,11H,1-7H2,(H2,14,17)(H,15,18)/t8-,9+,11+/m1/s1. The number of ketones is 1. The highest BCUT2D eigenvalue weighted by Gasteiger charge is 2.34. The van der Waals surface area contributed by atoms with Crippen molar-refractivity contribution in [3.05, 3.63) is 0 Å². The van der Waals surface area contributed by atoms with Crippen LogP contribution >= 0.6 is 0 Å². The van der Waals surface area contributed by atoms with E-state index in [2.05, 4.69) is 5.32 Å². The third-order valence-electron chi connectivity index (χ3n) is 3.90. The number of amides is 2. The van der Waals surface area contributed by atoms with Crippen molar-refractivity contribution in [3.8, 4) is 0 Å². The van der Waals surface area contributed by atoms with E-state index in [9.17, 15) is 14.4 Å². The van der Waals surface area contributed by atoms with Crippen LogP contribution in [0.3, 0.4) is 0 Å². The van der Waals surface area contributed by atoms with Gasteiger partial charge in [0.15, 0.2) is 0 Å². The van der Waals surface area contributed by atoms with Crippen LogP contribution in [-0.4, -0.2) is 36.9 Å². The molecule has 3 N–H and O–H groups in total. The van der Waals surface area contributed by atoms with Crippen LogP contribution in [0.2, 0.25) is 0 Å². The average Bonchev–Trinajstić information content (AvgIpc) is 2.89. The number of hydrogen-bond acceptors (Lipinski definition) is 4. The van der Waals surface area contributed by atoms with E-state index in [0.717, 1.165) is 12.8 Å². The van der Waals surface area contributed by atoms with Crippen molar-refractivity contribution >= 4 is 17.6 Å². The Labute approximate surface area is 112 Å². The number of carbonyl (C=O) groups is 3. The van der Waals surface area contributed by atoms with Gasteiger partial charge in [-0.1, -0.05) is 0 Å². The molecule has 0 radical (unpaired) electrons. The van der Waals surface area contributed by atoms with Crippen LogP contribution in [0, 0.1) is 11.8 Å². The average molecular weight is 268 g/mol. The first-order valence-corrected chi connectivity index (χ1v) is 6.77. The summed E-state index contributed by atoms with van der Waals surface area (Å²) in [6.45, 7) is 0.960. The maximum absolute atomic E-state index is 12.0. The van der Waals surface area contributed by atoms with E-state index in [1.807, 2.05) is 0 Å². The molecule has 1 aliphatic heterocycles. The van der Waals surface area contributed by atoms with E-state index >= 15 is 0 Å². The molecule has 2 fully saturated rings. The van der Waals surface area contributed by atoms with Crippen molar-refractivity contribution in [2.75, 3.05) is 13.2 Å². The molecule has 2 rings (SSSR count). The Bertz CT molecular complexity index is 377. The summed E-state index contributed by atoms with van der Waals surface area (Å²) in [5.41, 5.74) is 5.36. The number of nitrogens with one attached hydrogen (secondary N) is 1. The van der Waals surface area contributed by atoms with Crippen molar-refractivity contribution < 1.29 is 19.1 Å². The molecule has 2 amide bonds. The van der Waals surface area contributed by atoms with Gasteiger partial charge in [-0.05, 0) is 25.2 Å². The summed E-state index contributed by atoms with van der Waals surface area (Å²) in [6.07, 6.45) is 3.07. The zero-order valence-electron chi connectivity index (χ0n) is 10.9. The molecular weight excluding hydrogens is 248 g/mol. The van der Waals surface area contributed by atoms with Gasteiger partial charge in [0.1, 0.15) is 11.8 Å². The molecule has 106 valence electrons. The Morgan fingerprint density at radius 1 is 1.37 bits per heavy atom. The summed E-state index contributed by atoms with van der Waals surface area (Å²) in [7, 11) is 0. The van der Waals surface area contributed by atoms with Gasteiger partial charge in [-0.2, -0.15) is 0 Å². The maximum atomic E-state index is 12.0. The fourth-order valence-corrected chi connectivity index (χ4v) is 2.78. The summed E-state index contributed by atoms with van der Waals surface area (Å²) in [4.78, 5) is 35.0. The normalized spacial score (nSPS) is 28.9. The highest BCUT2D eigenvalue weighted by Crippen LogP contribution is 2.25. The second kappa shape index (κ2) is 6.14. The number of nitrogens with two attached hydrogens (primary N) is 1. The largest absolute Gasteiger partial charge is 0.381 e. The minimum Gasteiger partial charge on any atom is -0.381 e. The van der Waals surface area contributed by atoms with Gasteiger partial charge in [-0.15, -0.1) is 0 Å². The summed E-state index contributed by atoms with van der Waals surface area (Å²) in [6, 6.07) is -0.739. The summed E-state index contributed by atoms with van der Waals surface area (Å²) >= 11 is 0. The number of primary amides is 1. The van der Waals surface area contributed by atoms with Gasteiger partial charge in [0, 0.05) is 19.4 Å². The molecule has 0 bridgehead atoms. The number of ether oxygens (including phenoxy) is 1. The lowest BCUT2D eigenvalue weighted by Crippen LogP contribution is -2.51. The molecule has 6 nitrogen and oxygen atoms in total. The predicted molar refractivity (Wildman–Crippen MR) is 67.0 cm³/mol. The Hall–Kier alpha value is -1.43. The molecule has 2 aliphatic rings. The molecule has 0 unspecified atom stereocenters. The van der Waals surface area contributed by atoms with Gasteiger partial charge in [0.2, 0.25) is 11.8 Å². The van der Waals surface area contributed by atoms with Crippen molar-refractivity contribution in [2.24, 2.45) is 17.6 Å². The van der Waals surface area contributed by atoms with Crippen LogP contribution in [0.25, 0.3) is 0 Å². The van der Waals surface area contributed by atoms with Crippen molar-refractivity contribution in [1.82, 2.24) is 5.32 Å². The van der Waals surface area contributed by atoms with E-state index in [1.54, 1.807) is 0 Å². The first-order valence-electron chi connectivity index (χ1n) is 6.77. The van der Waals surface area contributed by atoms with Crippen LogP contribution in [0.5, 0.6) is 0 Å². The van der Waals surface area contributed by atoms with Crippen LogP contribution in [0.1, 0.15) is 32.1 Å². The van der Waals surface area contributed by atoms with Gasteiger partial charge in [0.05, 0.1) is 12.5 Å². The number of Topliss-reactive ketones (excluding diaryl/α,β-unsaturated/α-hetero) is 1. The zero-order chi connectivity index (χ0) is 13.8. The van der Waals surface area contributed by atoms with Crippen LogP contribution in [0.15, 0.2) is 0 Å². The van der Waals surface area contributed by atoms with Crippen LogP contribution in [-0.2, 0) is 19.1 Å². The lowest BCUT2D eigenvalue weighted by Gasteiger charge is -2.28. The summed E-state index contributed by atoms with van der Waals surface area (Å²) in [5, 5.41) is 2.70. The highest BCUT2D eigenvalue weighted by molar-refractivity contribution is 5.89. The first-order chi connectivity index (χ1) is 9.08. The molecule has 19 heavy (non-hydrogen) atoms. The molecule has 6 heteroatoms. The molecule has 1 saturated carbocycles. The lowest BCUT2D eigenvalue weighted by atomic mass is 9.82. The smallest absolute Gasteiger partial charge is 0.240 e. The predicted octanol–water partition coefficient (Wildman–Crippen LogP) is -0.248. The van der Waals surface area contributed by atoms with Crippen LogP contribution < -0.4 is 11.1 Å². The topological polar surface area (TPSA) is 98.5 Å². The fraction of sp³-hybridized carbons (Fsp3) is 0.769. The van der Waals surface area contributed by atoms with Gasteiger partial charge < -0.3 is 15.8 Å². The molecule has 0 aromatic heterocycles. The van der Waals surface area contributed by atoms with Crippen molar-refractivity contribution in [2.45, 2.75) is 38.1 Å². The number of carbonyl (C=O) groups excluding carboxylic acids is 3. The summed E-state index contributed by atoms with van der Waals surface area (Å²) < 4.78 is 5.15. The molecule has 1 aliphatic carbocycles. The second-order valence-electron chi connectivity index (χ2n) is 5.34. The molecule has 1 saturated heterocycles. The Balaban J connectivity index is 1.97. The Kier molecular flexibility index (Phi) is 4.52. The maximum Gasteiger partial charge on any atom is 0.240 e. The quantitative estimate of drug-likeness (QED) is 0.734. The van der Waals surface area contributed by atoms with Gasteiger partial charge >= 0.3 is 0 Å². The van der Waals surface area contributed by atoms with E-state index in [0.29, 0.717) is 32.5 Å². The highest BCUT2D eigenvalue weighted by atomic mass is 16.5. The molecule has 0 aromatic carbocycles. The van der Waals surface area contributed by atoms with E-state index in [4.69, 9.17) is 10.5 Å². The van der Waals surface area contributed by atoms with Gasteiger partial charge in [0.25, 0.3) is 0 Å². The molecular formula is C13H20N2O4. The Morgan fingerprint density at radius 2 is 2.16 bits per heavy atom. The van der Waals surface area contributed by atoms with Crippen LogP contribution in [0.4, 0.5) is 0 Å². The minimum atomic E-state index is -0.739. The summed E-state index contributed by atoms with van der Waals surface area (Å²) in [5.74, 6) is -0.988. The molecule has 0 spiro atoms. The second-order valence-corrected chi connectivity index (χ2v) is 5.34. The SMILES string of the molecule is NC(=O)[C@@H](NC(=O)[C@H]1CCOC1)[C@@H]1CCCC(=O)C1. The monoisotopic (exact) mass is 268 g/mol. The minimum absolute atomic E-state index is 0.140. The van der Waals surface area contributed by atoms with E-state index < -0.39 is 11.9 Å². The number of hydrogen-bond donors (Lipinski definition) is 2. The van der Waals surface area contributed by atoms with Gasteiger partial charge in [-0.3, -0.25) is 14.4 Å². The molecule has 1 heterocycles. The lowest BCUT2D eigenvalue weighted by molar-refractivity contribution is -0.132. The van der Waals surface area contributed by atoms with Crippen molar-refractivity contribution in [3.63, 3.8) is 0 Å². The van der Waals surface area contributed by atoms with E-state index in [-0.39, 0.29) is 23.5 Å². The molecule has 3 atom stereocenters. The molecule has 0 aromatic rings. The van der Waals surface area contributed by atoms with Gasteiger partial charge in [-0.25, -0.2) is 0 Å². The Morgan fingerprint density at radius 3 is 2.74 bits per heavy atom. The van der Waals surface area contributed by atoms with E-state index in [1.165, 1.54) is 0 Å². The number of rotatable bonds is 4.